The van der Waals surface area contributed by atoms with Crippen molar-refractivity contribution in [2.24, 2.45) is 0 Å². The van der Waals surface area contributed by atoms with Crippen molar-refractivity contribution in [1.82, 2.24) is 9.78 Å². The summed E-state index contributed by atoms with van der Waals surface area (Å²) < 4.78 is 12.4. The van der Waals surface area contributed by atoms with Crippen molar-refractivity contribution < 1.29 is 14.3 Å². The number of rotatable bonds is 2. The molecule has 0 aliphatic carbocycles. The highest BCUT2D eigenvalue weighted by atomic mass is 35.5. The largest absolute Gasteiger partial charge is 0.454 e. The molecule has 1 aromatic heterocycles. The Morgan fingerprint density at radius 2 is 1.92 bits per heavy atom. The molecule has 0 atom stereocenters. The predicted octanol–water partition coefficient (Wildman–Crippen LogP) is 2.93. The van der Waals surface area contributed by atoms with Crippen LogP contribution >= 0.6 is 12.4 Å². The van der Waals surface area contributed by atoms with Crippen LogP contribution in [0.5, 0.6) is 11.5 Å². The van der Waals surface area contributed by atoms with E-state index < -0.39 is 0 Å². The summed E-state index contributed by atoms with van der Waals surface area (Å²) in [5, 5.41) is 7.12. The average Bonchev–Trinajstić information content (AvgIpc) is 3.04. The zero-order valence-electron chi connectivity index (χ0n) is 14.0. The Morgan fingerprint density at radius 3 is 2.50 bits per heavy atom. The van der Waals surface area contributed by atoms with Crippen molar-refractivity contribution >= 4 is 29.7 Å². The highest BCUT2D eigenvalue weighted by Gasteiger charge is 2.23. The molecule has 0 fully saturated rings. The Balaban J connectivity index is 0.00000208. The fourth-order valence-corrected chi connectivity index (χ4v) is 2.56. The van der Waals surface area contributed by atoms with E-state index >= 15 is 0 Å². The first kappa shape index (κ1) is 17.9. The fraction of sp³-hybridized carbons (Fsp3) is 0.375. The fourth-order valence-electron chi connectivity index (χ4n) is 2.56. The summed E-state index contributed by atoms with van der Waals surface area (Å²) in [6.07, 6.45) is 1.57. The number of ether oxygens (including phenoxy) is 2. The first-order valence-corrected chi connectivity index (χ1v) is 7.33. The molecular formula is C16H21ClN4O3. The van der Waals surface area contributed by atoms with Crippen LogP contribution in [0.4, 0.5) is 11.4 Å². The molecule has 1 aromatic carbocycles. The molecule has 0 radical (unpaired) electrons. The number of carbonyl (C=O) groups excluding carboxylic acids is 1. The summed E-state index contributed by atoms with van der Waals surface area (Å²) in [7, 11) is 0. The SMILES string of the molecule is Cc1c(C(=O)Nc2cc3c(cc2N)OCO3)cnn1C(C)(C)C.Cl. The second-order valence-corrected chi connectivity index (χ2v) is 6.47. The van der Waals surface area contributed by atoms with Crippen LogP contribution in [0.1, 0.15) is 36.8 Å². The van der Waals surface area contributed by atoms with Crippen molar-refractivity contribution in [3.63, 3.8) is 0 Å². The van der Waals surface area contributed by atoms with Gasteiger partial charge in [-0.25, -0.2) is 0 Å². The first-order chi connectivity index (χ1) is 10.8. The van der Waals surface area contributed by atoms with E-state index in [0.29, 0.717) is 28.4 Å². The number of carbonyl (C=O) groups is 1. The lowest BCUT2D eigenvalue weighted by Crippen LogP contribution is -2.25. The molecule has 0 saturated carbocycles. The monoisotopic (exact) mass is 352 g/mol. The topological polar surface area (TPSA) is 91.4 Å². The number of halogens is 1. The maximum Gasteiger partial charge on any atom is 0.259 e. The maximum absolute atomic E-state index is 12.5. The van der Waals surface area contributed by atoms with Gasteiger partial charge in [0.2, 0.25) is 6.79 Å². The zero-order chi connectivity index (χ0) is 16.8. The van der Waals surface area contributed by atoms with Crippen molar-refractivity contribution in [1.29, 1.82) is 0 Å². The molecule has 0 bridgehead atoms. The van der Waals surface area contributed by atoms with E-state index in [1.807, 2.05) is 32.4 Å². The molecule has 2 aromatic rings. The van der Waals surface area contributed by atoms with Crippen LogP contribution in [-0.4, -0.2) is 22.5 Å². The van der Waals surface area contributed by atoms with Gasteiger partial charge in [0.05, 0.1) is 28.7 Å². The molecule has 24 heavy (non-hydrogen) atoms. The van der Waals surface area contributed by atoms with E-state index in [9.17, 15) is 4.79 Å². The summed E-state index contributed by atoms with van der Waals surface area (Å²) in [5.74, 6) is 0.886. The third-order valence-corrected chi connectivity index (χ3v) is 3.68. The van der Waals surface area contributed by atoms with Crippen LogP contribution < -0.4 is 20.5 Å². The lowest BCUT2D eigenvalue weighted by molar-refractivity contribution is 0.102. The third kappa shape index (κ3) is 3.12. The number of nitrogens with two attached hydrogens (primary N) is 1. The number of nitrogens with zero attached hydrogens (tertiary/aromatic N) is 2. The molecule has 3 N–H and O–H groups in total. The molecule has 1 aliphatic heterocycles. The Bertz CT molecular complexity index is 780. The normalized spacial score (nSPS) is 12.7. The standard InChI is InChI=1S/C16H20N4O3.ClH/c1-9-10(7-18-20(9)16(2,3)4)15(21)19-12-6-14-13(5-11(12)17)22-8-23-14;/h5-7H,8,17H2,1-4H3,(H,19,21);1H. The lowest BCUT2D eigenvalue weighted by atomic mass is 10.1. The van der Waals surface area contributed by atoms with Crippen LogP contribution in [-0.2, 0) is 5.54 Å². The Hall–Kier alpha value is -2.41. The van der Waals surface area contributed by atoms with Crippen molar-refractivity contribution in [2.45, 2.75) is 33.2 Å². The van der Waals surface area contributed by atoms with Crippen LogP contribution in [0.2, 0.25) is 0 Å². The summed E-state index contributed by atoms with van der Waals surface area (Å²) in [4.78, 5) is 12.5. The van der Waals surface area contributed by atoms with Crippen LogP contribution in [0.15, 0.2) is 18.3 Å². The predicted molar refractivity (Wildman–Crippen MR) is 94.1 cm³/mol. The van der Waals surface area contributed by atoms with Gasteiger partial charge < -0.3 is 20.5 Å². The van der Waals surface area contributed by atoms with E-state index in [4.69, 9.17) is 15.2 Å². The van der Waals surface area contributed by atoms with E-state index in [2.05, 4.69) is 10.4 Å². The molecule has 130 valence electrons. The van der Waals surface area contributed by atoms with Gasteiger partial charge in [-0.1, -0.05) is 0 Å². The smallest absolute Gasteiger partial charge is 0.259 e. The minimum absolute atomic E-state index is 0. The highest BCUT2D eigenvalue weighted by Crippen LogP contribution is 2.38. The molecular weight excluding hydrogens is 332 g/mol. The van der Waals surface area contributed by atoms with E-state index in [1.165, 1.54) is 0 Å². The van der Waals surface area contributed by atoms with Crippen LogP contribution in [0.25, 0.3) is 0 Å². The van der Waals surface area contributed by atoms with Crippen molar-refractivity contribution in [3.05, 3.63) is 29.6 Å². The first-order valence-electron chi connectivity index (χ1n) is 7.33. The van der Waals surface area contributed by atoms with Gasteiger partial charge in [-0.05, 0) is 27.7 Å². The molecule has 0 saturated heterocycles. The molecule has 3 rings (SSSR count). The number of nitrogen functional groups attached to an aromatic ring is 1. The summed E-state index contributed by atoms with van der Waals surface area (Å²) in [6, 6.07) is 3.31. The molecule has 8 heteroatoms. The summed E-state index contributed by atoms with van der Waals surface area (Å²) in [5.41, 5.74) is 7.99. The number of amides is 1. The number of hydrogen-bond acceptors (Lipinski definition) is 5. The van der Waals surface area contributed by atoms with Gasteiger partial charge in [0.25, 0.3) is 5.91 Å². The molecule has 1 amide bonds. The number of hydrogen-bond donors (Lipinski definition) is 2. The van der Waals surface area contributed by atoms with Gasteiger partial charge in [-0.15, -0.1) is 12.4 Å². The van der Waals surface area contributed by atoms with E-state index in [0.717, 1.165) is 5.69 Å². The summed E-state index contributed by atoms with van der Waals surface area (Å²) >= 11 is 0. The number of fused-ring (bicyclic) bond motifs is 1. The lowest BCUT2D eigenvalue weighted by Gasteiger charge is -2.21. The molecule has 7 nitrogen and oxygen atoms in total. The molecule has 2 heterocycles. The van der Waals surface area contributed by atoms with Crippen LogP contribution in [0, 0.1) is 6.92 Å². The number of aromatic nitrogens is 2. The molecule has 0 unspecified atom stereocenters. The maximum atomic E-state index is 12.5. The second-order valence-electron chi connectivity index (χ2n) is 6.47. The van der Waals surface area contributed by atoms with E-state index in [1.54, 1.807) is 18.3 Å². The second kappa shape index (κ2) is 6.24. The molecule has 0 spiro atoms. The van der Waals surface area contributed by atoms with Crippen molar-refractivity contribution in [2.75, 3.05) is 17.8 Å². The number of nitrogens with one attached hydrogen (secondary N) is 1. The average molecular weight is 353 g/mol. The van der Waals surface area contributed by atoms with Gasteiger partial charge in [-0.3, -0.25) is 9.48 Å². The number of benzene rings is 1. The minimum atomic E-state index is -0.261. The summed E-state index contributed by atoms with van der Waals surface area (Å²) in [6.45, 7) is 8.12. The Kier molecular flexibility index (Phi) is 4.66. The Labute approximate surface area is 146 Å². The Morgan fingerprint density at radius 1 is 1.29 bits per heavy atom. The van der Waals surface area contributed by atoms with Gasteiger partial charge in [0, 0.05) is 17.8 Å². The zero-order valence-corrected chi connectivity index (χ0v) is 14.9. The number of anilines is 2. The van der Waals surface area contributed by atoms with Gasteiger partial charge >= 0.3 is 0 Å². The minimum Gasteiger partial charge on any atom is -0.454 e. The van der Waals surface area contributed by atoms with E-state index in [-0.39, 0.29) is 30.6 Å². The van der Waals surface area contributed by atoms with Gasteiger partial charge in [0.1, 0.15) is 0 Å². The molecule has 1 aliphatic rings. The van der Waals surface area contributed by atoms with Crippen molar-refractivity contribution in [3.8, 4) is 11.5 Å². The highest BCUT2D eigenvalue weighted by molar-refractivity contribution is 6.06. The van der Waals surface area contributed by atoms with Crippen LogP contribution in [0.3, 0.4) is 0 Å². The van der Waals surface area contributed by atoms with Gasteiger partial charge in [0.15, 0.2) is 11.5 Å². The van der Waals surface area contributed by atoms with Gasteiger partial charge in [-0.2, -0.15) is 5.10 Å². The third-order valence-electron chi connectivity index (χ3n) is 3.68. The quantitative estimate of drug-likeness (QED) is 0.811.